The summed E-state index contributed by atoms with van der Waals surface area (Å²) >= 11 is 0. The Morgan fingerprint density at radius 1 is 0.212 bits per heavy atom. The van der Waals surface area contributed by atoms with Crippen molar-refractivity contribution in [3.8, 4) is 55.6 Å². The van der Waals surface area contributed by atoms with E-state index < -0.39 is 0 Å². The Labute approximate surface area is 305 Å². The predicted molar refractivity (Wildman–Crippen MR) is 224 cm³/mol. The van der Waals surface area contributed by atoms with Gasteiger partial charge in [-0.05, 0) is 111 Å². The molecule has 0 unspecified atom stereocenters. The van der Waals surface area contributed by atoms with Crippen LogP contribution in [0.2, 0.25) is 0 Å². The third kappa shape index (κ3) is 4.92. The monoisotopic (exact) mass is 659 g/mol. The largest absolute Gasteiger partial charge is 0.0623 e. The molecule has 0 heterocycles. The van der Waals surface area contributed by atoms with Crippen molar-refractivity contribution < 1.29 is 1.37 Å². The highest BCUT2D eigenvalue weighted by Crippen LogP contribution is 2.46. The van der Waals surface area contributed by atoms with E-state index in [1.165, 1.54) is 93.2 Å². The zero-order valence-electron chi connectivity index (χ0n) is 29.6. The van der Waals surface area contributed by atoms with E-state index in [0.29, 0.717) is 6.04 Å². The van der Waals surface area contributed by atoms with Crippen LogP contribution in [0.3, 0.4) is 0 Å². The van der Waals surface area contributed by atoms with Crippen molar-refractivity contribution in [3.63, 3.8) is 0 Å². The first-order chi connectivity index (χ1) is 26.2. The molecule has 0 aliphatic rings. The van der Waals surface area contributed by atoms with Crippen LogP contribution in [0.25, 0.3) is 98.7 Å². The summed E-state index contributed by atoms with van der Waals surface area (Å²) in [7, 11) is 0. The molecular weight excluding hydrogens is 625 g/mol. The third-order valence-corrected chi connectivity index (χ3v) is 10.6. The minimum atomic E-state index is 0.519. The minimum absolute atomic E-state index is 0.519. The van der Waals surface area contributed by atoms with Crippen molar-refractivity contribution in [1.29, 1.82) is 0 Å². The first kappa shape index (κ1) is 29.0. The van der Waals surface area contributed by atoms with E-state index in [0.717, 1.165) is 5.56 Å². The van der Waals surface area contributed by atoms with Gasteiger partial charge in [0.2, 0.25) is 0 Å². The van der Waals surface area contributed by atoms with E-state index in [1.54, 1.807) is 0 Å². The molecule has 10 aromatic rings. The molecule has 0 fully saturated rings. The number of benzene rings is 10. The summed E-state index contributed by atoms with van der Waals surface area (Å²) in [5.41, 5.74) is 12.1. The van der Waals surface area contributed by atoms with Gasteiger partial charge in [-0.15, -0.1) is 0 Å². The summed E-state index contributed by atoms with van der Waals surface area (Å²) in [6.45, 7) is 0. The highest BCUT2D eigenvalue weighted by molar-refractivity contribution is 6.23. The molecule has 0 spiro atoms. The van der Waals surface area contributed by atoms with Crippen LogP contribution >= 0.6 is 0 Å². The fourth-order valence-corrected chi connectivity index (χ4v) is 8.37. The molecule has 0 bridgehead atoms. The van der Waals surface area contributed by atoms with Crippen molar-refractivity contribution in [3.05, 3.63) is 206 Å². The van der Waals surface area contributed by atoms with Crippen molar-refractivity contribution in [2.45, 2.75) is 0 Å². The summed E-state index contributed by atoms with van der Waals surface area (Å²) in [6.07, 6.45) is 0. The average molecular weight is 660 g/mol. The lowest BCUT2D eigenvalue weighted by Gasteiger charge is -2.19. The summed E-state index contributed by atoms with van der Waals surface area (Å²) in [5.74, 6) is 0. The van der Waals surface area contributed by atoms with Crippen molar-refractivity contribution in [2.24, 2.45) is 0 Å². The van der Waals surface area contributed by atoms with Crippen molar-refractivity contribution in [2.75, 3.05) is 0 Å². The van der Waals surface area contributed by atoms with Crippen LogP contribution in [0.4, 0.5) is 0 Å². The lowest BCUT2D eigenvalue weighted by molar-refractivity contribution is 1.60. The average Bonchev–Trinajstić information content (AvgIpc) is 3.22. The van der Waals surface area contributed by atoms with Gasteiger partial charge in [0.05, 0.1) is 1.37 Å². The molecule has 0 nitrogen and oxygen atoms in total. The molecule has 0 radical (unpaired) electrons. The molecule has 10 rings (SSSR count). The van der Waals surface area contributed by atoms with Crippen LogP contribution in [0.5, 0.6) is 0 Å². The third-order valence-electron chi connectivity index (χ3n) is 10.6. The topological polar surface area (TPSA) is 0 Å². The van der Waals surface area contributed by atoms with E-state index in [1.807, 2.05) is 12.1 Å². The minimum Gasteiger partial charge on any atom is -0.0622 e. The summed E-state index contributed by atoms with van der Waals surface area (Å²) in [5, 5.41) is 9.90. The molecule has 52 heavy (non-hydrogen) atoms. The first-order valence-corrected chi connectivity index (χ1v) is 17.9. The second-order valence-electron chi connectivity index (χ2n) is 13.5. The fraction of sp³-hybridized carbons (Fsp3) is 0. The Bertz CT molecular complexity index is 2880. The maximum atomic E-state index is 8.09. The van der Waals surface area contributed by atoms with Gasteiger partial charge in [0.1, 0.15) is 0 Å². The number of hydrogen-bond donors (Lipinski definition) is 0. The van der Waals surface area contributed by atoms with Gasteiger partial charge in [0, 0.05) is 0 Å². The normalized spacial score (nSPS) is 11.7. The summed E-state index contributed by atoms with van der Waals surface area (Å²) in [4.78, 5) is 0. The van der Waals surface area contributed by atoms with Crippen LogP contribution < -0.4 is 0 Å². The SMILES string of the molecule is [2H]c1ccc(-c2c3ccccc3c(-c3cccc(-c4cccc(-c5c6ccccc6c(-c6ccccc6)c6ccccc56)c4)c3)c3ccccc23)cc1. The van der Waals surface area contributed by atoms with Gasteiger partial charge in [0.25, 0.3) is 0 Å². The Morgan fingerprint density at radius 3 is 0.808 bits per heavy atom. The van der Waals surface area contributed by atoms with Gasteiger partial charge >= 0.3 is 0 Å². The number of rotatable bonds is 5. The lowest BCUT2D eigenvalue weighted by atomic mass is 9.84. The van der Waals surface area contributed by atoms with E-state index in [4.69, 9.17) is 1.37 Å². The zero-order valence-corrected chi connectivity index (χ0v) is 28.6. The maximum Gasteiger partial charge on any atom is 0.0623 e. The Kier molecular flexibility index (Phi) is 6.99. The van der Waals surface area contributed by atoms with Gasteiger partial charge < -0.3 is 0 Å². The maximum absolute atomic E-state index is 8.09. The Balaban J connectivity index is 1.16. The van der Waals surface area contributed by atoms with Gasteiger partial charge in [0.15, 0.2) is 0 Å². The summed E-state index contributed by atoms with van der Waals surface area (Å²) < 4.78 is 8.09. The Hall–Kier alpha value is -6.76. The predicted octanol–water partition coefficient (Wildman–Crippen LogP) is 14.6. The zero-order chi connectivity index (χ0) is 35.3. The Morgan fingerprint density at radius 2 is 0.462 bits per heavy atom. The molecule has 0 aliphatic carbocycles. The second-order valence-corrected chi connectivity index (χ2v) is 13.5. The summed E-state index contributed by atoms with van der Waals surface area (Å²) in [6, 6.07) is 72.6. The van der Waals surface area contributed by atoms with E-state index in [2.05, 4.69) is 188 Å². The van der Waals surface area contributed by atoms with E-state index >= 15 is 0 Å². The molecular formula is C52H34. The van der Waals surface area contributed by atoms with Crippen LogP contribution in [0, 0.1) is 0 Å². The van der Waals surface area contributed by atoms with Gasteiger partial charge in [-0.25, -0.2) is 0 Å². The van der Waals surface area contributed by atoms with Crippen molar-refractivity contribution in [1.82, 2.24) is 0 Å². The van der Waals surface area contributed by atoms with Crippen LogP contribution in [-0.4, -0.2) is 0 Å². The molecule has 0 amide bonds. The van der Waals surface area contributed by atoms with E-state index in [-0.39, 0.29) is 0 Å². The van der Waals surface area contributed by atoms with Gasteiger partial charge in [-0.1, -0.05) is 194 Å². The molecule has 10 aromatic carbocycles. The molecule has 0 heteroatoms. The van der Waals surface area contributed by atoms with Crippen LogP contribution in [0.1, 0.15) is 1.37 Å². The van der Waals surface area contributed by atoms with E-state index in [9.17, 15) is 0 Å². The van der Waals surface area contributed by atoms with Crippen LogP contribution in [-0.2, 0) is 0 Å². The number of hydrogen-bond acceptors (Lipinski definition) is 0. The molecule has 242 valence electrons. The second kappa shape index (κ2) is 12.5. The smallest absolute Gasteiger partial charge is 0.0622 e. The molecule has 0 atom stereocenters. The number of fused-ring (bicyclic) bond motifs is 4. The molecule has 0 saturated heterocycles. The molecule has 0 saturated carbocycles. The van der Waals surface area contributed by atoms with Crippen LogP contribution in [0.15, 0.2) is 206 Å². The molecule has 0 N–H and O–H groups in total. The highest BCUT2D eigenvalue weighted by atomic mass is 14.2. The van der Waals surface area contributed by atoms with Gasteiger partial charge in [-0.3, -0.25) is 0 Å². The fourth-order valence-electron chi connectivity index (χ4n) is 8.37. The highest BCUT2D eigenvalue weighted by Gasteiger charge is 2.19. The van der Waals surface area contributed by atoms with Crippen molar-refractivity contribution >= 4 is 43.1 Å². The first-order valence-electron chi connectivity index (χ1n) is 18.4. The standard InChI is InChI=1S/C52H34/c1-3-17-35(18-4-1)49-41-25-7-11-29-45(41)51(46-30-12-8-26-42(46)49)39-23-15-21-37(33-39)38-22-16-24-40(34-38)52-47-31-13-9-27-43(47)50(36-19-5-2-6-20-36)44-28-10-14-32-48(44)52/h1-34H/i1D. The lowest BCUT2D eigenvalue weighted by Crippen LogP contribution is -1.92. The van der Waals surface area contributed by atoms with Gasteiger partial charge in [-0.2, -0.15) is 0 Å². The quantitative estimate of drug-likeness (QED) is 0.161. The molecule has 0 aliphatic heterocycles. The molecule has 0 aromatic heterocycles.